The van der Waals surface area contributed by atoms with Gasteiger partial charge in [0.1, 0.15) is 0 Å². The van der Waals surface area contributed by atoms with Crippen LogP contribution in [0, 0.1) is 0 Å². The molecule has 1 N–H and O–H groups in total. The minimum atomic E-state index is 0.206. The van der Waals surface area contributed by atoms with Crippen LogP contribution in [0.1, 0.15) is 24.0 Å². The highest BCUT2D eigenvalue weighted by Crippen LogP contribution is 2.32. The average Bonchev–Trinajstić information content (AvgIpc) is 2.85. The van der Waals surface area contributed by atoms with E-state index in [-0.39, 0.29) is 5.92 Å². The highest BCUT2D eigenvalue weighted by atomic mass is 35.5. The van der Waals surface area contributed by atoms with Crippen molar-refractivity contribution < 1.29 is 0 Å². The molecule has 0 amide bonds. The number of aromatic amines is 1. The minimum Gasteiger partial charge on any atom is -0.278 e. The molecule has 1 aromatic heterocycles. The molecule has 96 valence electrons. The quantitative estimate of drug-likeness (QED) is 0.705. The Morgan fingerprint density at radius 2 is 1.95 bits per heavy atom. The number of rotatable bonds is 2. The third-order valence-electron chi connectivity index (χ3n) is 3.39. The number of benzene rings is 2. The lowest BCUT2D eigenvalue weighted by atomic mass is 9.92. The average molecular weight is 291 g/mol. The van der Waals surface area contributed by atoms with Crippen LogP contribution >= 0.6 is 23.2 Å². The van der Waals surface area contributed by atoms with Crippen molar-refractivity contribution in [2.75, 3.05) is 0 Å². The van der Waals surface area contributed by atoms with Crippen LogP contribution in [-0.2, 0) is 0 Å². The first kappa shape index (κ1) is 12.5. The molecule has 1 unspecified atom stereocenters. The number of hydrogen-bond donors (Lipinski definition) is 1. The van der Waals surface area contributed by atoms with Crippen molar-refractivity contribution in [3.63, 3.8) is 0 Å². The van der Waals surface area contributed by atoms with Gasteiger partial charge in [-0.15, -0.1) is 0 Å². The van der Waals surface area contributed by atoms with Crippen molar-refractivity contribution in [2.45, 2.75) is 12.8 Å². The predicted molar refractivity (Wildman–Crippen MR) is 80.1 cm³/mol. The van der Waals surface area contributed by atoms with E-state index in [1.807, 2.05) is 18.3 Å². The molecule has 0 saturated carbocycles. The van der Waals surface area contributed by atoms with E-state index < -0.39 is 0 Å². The molecule has 2 nitrogen and oxygen atoms in total. The number of H-pyrrole nitrogens is 1. The Morgan fingerprint density at radius 3 is 2.74 bits per heavy atom. The molecule has 1 atom stereocenters. The standard InChI is InChI=1S/C15H12Cl2N2/c1-9(13-5-4-12(16)7-14(13)17)10-2-3-11-8-18-19-15(11)6-10/h2-9H,1H3,(H,18,19). The first-order valence-electron chi connectivity index (χ1n) is 6.03. The van der Waals surface area contributed by atoms with Gasteiger partial charge in [0, 0.05) is 21.3 Å². The summed E-state index contributed by atoms with van der Waals surface area (Å²) in [5.74, 6) is 0.206. The van der Waals surface area contributed by atoms with E-state index in [4.69, 9.17) is 23.2 Å². The summed E-state index contributed by atoms with van der Waals surface area (Å²) in [6, 6.07) is 11.9. The maximum absolute atomic E-state index is 6.27. The largest absolute Gasteiger partial charge is 0.278 e. The fourth-order valence-corrected chi connectivity index (χ4v) is 2.83. The molecule has 0 radical (unpaired) electrons. The summed E-state index contributed by atoms with van der Waals surface area (Å²) in [4.78, 5) is 0. The molecule has 0 aliphatic heterocycles. The lowest BCUT2D eigenvalue weighted by Gasteiger charge is -2.14. The predicted octanol–water partition coefficient (Wildman–Crippen LogP) is 5.02. The van der Waals surface area contributed by atoms with Gasteiger partial charge in [-0.3, -0.25) is 5.10 Å². The number of fused-ring (bicyclic) bond motifs is 1. The van der Waals surface area contributed by atoms with E-state index in [0.29, 0.717) is 10.0 Å². The molecule has 0 spiro atoms. The van der Waals surface area contributed by atoms with Gasteiger partial charge in [-0.05, 0) is 29.3 Å². The highest BCUT2D eigenvalue weighted by Gasteiger charge is 2.13. The topological polar surface area (TPSA) is 28.7 Å². The summed E-state index contributed by atoms with van der Waals surface area (Å²) in [5, 5.41) is 9.49. The Kier molecular flexibility index (Phi) is 3.21. The summed E-state index contributed by atoms with van der Waals surface area (Å²) in [6.07, 6.45) is 1.82. The van der Waals surface area contributed by atoms with E-state index in [1.54, 1.807) is 6.07 Å². The van der Waals surface area contributed by atoms with Gasteiger partial charge in [-0.1, -0.05) is 48.3 Å². The molecule has 3 rings (SSSR count). The van der Waals surface area contributed by atoms with Gasteiger partial charge < -0.3 is 0 Å². The van der Waals surface area contributed by atoms with Crippen LogP contribution in [-0.4, -0.2) is 10.2 Å². The second-order valence-electron chi connectivity index (χ2n) is 4.60. The van der Waals surface area contributed by atoms with Crippen LogP contribution in [0.3, 0.4) is 0 Å². The van der Waals surface area contributed by atoms with E-state index in [1.165, 1.54) is 5.56 Å². The van der Waals surface area contributed by atoms with Crippen molar-refractivity contribution in [3.05, 3.63) is 63.8 Å². The van der Waals surface area contributed by atoms with Gasteiger partial charge in [0.25, 0.3) is 0 Å². The lowest BCUT2D eigenvalue weighted by Crippen LogP contribution is -1.97. The molecule has 0 bridgehead atoms. The summed E-state index contributed by atoms with van der Waals surface area (Å²) in [7, 11) is 0. The molecule has 2 aromatic carbocycles. The highest BCUT2D eigenvalue weighted by molar-refractivity contribution is 6.35. The second-order valence-corrected chi connectivity index (χ2v) is 5.45. The molecular weight excluding hydrogens is 279 g/mol. The van der Waals surface area contributed by atoms with Gasteiger partial charge in [0.05, 0.1) is 11.7 Å². The fraction of sp³-hybridized carbons (Fsp3) is 0.133. The third-order valence-corrected chi connectivity index (χ3v) is 3.96. The SMILES string of the molecule is CC(c1ccc2cn[nH]c2c1)c1ccc(Cl)cc1Cl. The van der Waals surface area contributed by atoms with E-state index >= 15 is 0 Å². The first-order valence-corrected chi connectivity index (χ1v) is 6.79. The Morgan fingerprint density at radius 1 is 1.11 bits per heavy atom. The number of aromatic nitrogens is 2. The Labute approximate surface area is 121 Å². The fourth-order valence-electron chi connectivity index (χ4n) is 2.26. The number of hydrogen-bond acceptors (Lipinski definition) is 1. The van der Waals surface area contributed by atoms with Crippen molar-refractivity contribution in [1.82, 2.24) is 10.2 Å². The van der Waals surface area contributed by atoms with E-state index in [0.717, 1.165) is 16.5 Å². The first-order chi connectivity index (χ1) is 9.15. The smallest absolute Gasteiger partial charge is 0.0653 e. The number of halogens is 2. The Hall–Kier alpha value is -1.51. The van der Waals surface area contributed by atoms with Crippen LogP contribution < -0.4 is 0 Å². The summed E-state index contributed by atoms with van der Waals surface area (Å²) >= 11 is 12.2. The van der Waals surface area contributed by atoms with Crippen molar-refractivity contribution in [2.24, 2.45) is 0 Å². The zero-order valence-electron chi connectivity index (χ0n) is 10.3. The molecule has 19 heavy (non-hydrogen) atoms. The summed E-state index contributed by atoms with van der Waals surface area (Å²) < 4.78 is 0. The summed E-state index contributed by atoms with van der Waals surface area (Å²) in [5.41, 5.74) is 3.31. The van der Waals surface area contributed by atoms with Gasteiger partial charge in [0.2, 0.25) is 0 Å². The maximum atomic E-state index is 6.27. The molecule has 1 heterocycles. The zero-order valence-corrected chi connectivity index (χ0v) is 11.8. The molecule has 0 fully saturated rings. The monoisotopic (exact) mass is 290 g/mol. The lowest BCUT2D eigenvalue weighted by molar-refractivity contribution is 0.924. The summed E-state index contributed by atoms with van der Waals surface area (Å²) in [6.45, 7) is 2.13. The van der Waals surface area contributed by atoms with Crippen molar-refractivity contribution in [1.29, 1.82) is 0 Å². The maximum Gasteiger partial charge on any atom is 0.0653 e. The molecule has 0 aliphatic rings. The number of nitrogens with zero attached hydrogens (tertiary/aromatic N) is 1. The van der Waals surface area contributed by atoms with Crippen LogP contribution in [0.25, 0.3) is 10.9 Å². The van der Waals surface area contributed by atoms with Gasteiger partial charge in [0.15, 0.2) is 0 Å². The van der Waals surface area contributed by atoms with Gasteiger partial charge in [-0.2, -0.15) is 5.10 Å². The van der Waals surface area contributed by atoms with Gasteiger partial charge >= 0.3 is 0 Å². The van der Waals surface area contributed by atoms with Gasteiger partial charge in [-0.25, -0.2) is 0 Å². The van der Waals surface area contributed by atoms with Crippen LogP contribution in [0.15, 0.2) is 42.6 Å². The Bertz CT molecular complexity index is 734. The molecule has 3 aromatic rings. The van der Waals surface area contributed by atoms with E-state index in [2.05, 4.69) is 35.3 Å². The molecular formula is C15H12Cl2N2. The molecule has 4 heteroatoms. The zero-order chi connectivity index (χ0) is 13.4. The third kappa shape index (κ3) is 2.34. The van der Waals surface area contributed by atoms with Crippen molar-refractivity contribution >= 4 is 34.1 Å². The molecule has 0 saturated heterocycles. The van der Waals surface area contributed by atoms with Crippen LogP contribution in [0.5, 0.6) is 0 Å². The minimum absolute atomic E-state index is 0.206. The van der Waals surface area contributed by atoms with Crippen molar-refractivity contribution in [3.8, 4) is 0 Å². The van der Waals surface area contributed by atoms with E-state index in [9.17, 15) is 0 Å². The normalized spacial score (nSPS) is 12.8. The van der Waals surface area contributed by atoms with Crippen LogP contribution in [0.2, 0.25) is 10.0 Å². The second kappa shape index (κ2) is 4.87. The Balaban J connectivity index is 2.04. The molecule has 0 aliphatic carbocycles. The van der Waals surface area contributed by atoms with Crippen LogP contribution in [0.4, 0.5) is 0 Å². The number of nitrogens with one attached hydrogen (secondary N) is 1.